The number of aromatic nitrogens is 1. The van der Waals surface area contributed by atoms with Crippen molar-refractivity contribution in [3.63, 3.8) is 0 Å². The zero-order chi connectivity index (χ0) is 20.6. The number of nitrogens with zero attached hydrogens (tertiary/aromatic N) is 3. The molecule has 1 aliphatic heterocycles. The number of benzene rings is 1. The minimum absolute atomic E-state index is 0.0199. The molecule has 1 aromatic carbocycles. The Bertz CT molecular complexity index is 920. The molecule has 0 aliphatic carbocycles. The number of carbonyl (C=O) groups excluding carboxylic acids is 3. The summed E-state index contributed by atoms with van der Waals surface area (Å²) in [5.41, 5.74) is 3.43. The Hall–Kier alpha value is -3.32. The Kier molecular flexibility index (Phi) is 6.86. The van der Waals surface area contributed by atoms with E-state index in [1.54, 1.807) is 24.3 Å². The number of hydroxylamine groups is 2. The molecular weight excluding hydrogens is 404 g/mol. The lowest BCUT2D eigenvalue weighted by Gasteiger charge is -2.12. The highest BCUT2D eigenvalue weighted by atomic mass is 32.2. The van der Waals surface area contributed by atoms with Gasteiger partial charge in [0.15, 0.2) is 0 Å². The summed E-state index contributed by atoms with van der Waals surface area (Å²) in [6.45, 7) is 0. The van der Waals surface area contributed by atoms with Crippen molar-refractivity contribution in [3.05, 3.63) is 53.7 Å². The smallest absolute Gasteiger partial charge is 0.325 e. The molecule has 1 fully saturated rings. The lowest BCUT2D eigenvalue weighted by molar-refractivity contribution is -0.432. The first-order chi connectivity index (χ1) is 14.1. The van der Waals surface area contributed by atoms with Crippen molar-refractivity contribution in [2.75, 3.05) is 5.43 Å². The van der Waals surface area contributed by atoms with Gasteiger partial charge in [0.05, 0.1) is 23.8 Å². The van der Waals surface area contributed by atoms with Crippen molar-refractivity contribution < 1.29 is 33.9 Å². The van der Waals surface area contributed by atoms with Gasteiger partial charge < -0.3 is 4.84 Å². The molecule has 0 unspecified atom stereocenters. The molecule has 11 nitrogen and oxygen atoms in total. The highest BCUT2D eigenvalue weighted by Crippen LogP contribution is 2.22. The summed E-state index contributed by atoms with van der Waals surface area (Å²) in [4.78, 5) is 44.5. The lowest BCUT2D eigenvalue weighted by atomic mass is 10.2. The number of imide groups is 1. The van der Waals surface area contributed by atoms with E-state index >= 15 is 0 Å². The van der Waals surface area contributed by atoms with E-state index in [0.717, 1.165) is 12.0 Å². The molecule has 2 aromatic rings. The molecule has 2 heterocycles. The zero-order valence-electron chi connectivity index (χ0n) is 14.7. The Balaban J connectivity index is 1.58. The fourth-order valence-electron chi connectivity index (χ4n) is 2.26. The van der Waals surface area contributed by atoms with Gasteiger partial charge in [-0.15, -0.1) is 9.40 Å². The summed E-state index contributed by atoms with van der Waals surface area (Å²) in [5, 5.41) is 16.3. The van der Waals surface area contributed by atoms with Crippen LogP contribution in [0.15, 0.2) is 52.6 Å². The fraction of sp³-hybridized carbons (Fsp3) is 0.118. The second kappa shape index (κ2) is 9.75. The van der Waals surface area contributed by atoms with E-state index in [1.165, 1.54) is 24.5 Å². The molecule has 0 atom stereocenters. The molecular formula is C17H14N4O7S. The van der Waals surface area contributed by atoms with Crippen LogP contribution in [-0.4, -0.2) is 39.3 Å². The van der Waals surface area contributed by atoms with E-state index in [-0.39, 0.29) is 18.4 Å². The minimum Gasteiger partial charge on any atom is -0.325 e. The number of amides is 2. The molecule has 2 N–H and O–H groups in total. The maximum Gasteiger partial charge on any atom is 0.365 e. The third-order valence-corrected chi connectivity index (χ3v) is 4.32. The Morgan fingerprint density at radius 2 is 1.97 bits per heavy atom. The summed E-state index contributed by atoms with van der Waals surface area (Å²) >= 11 is 0.801. The van der Waals surface area contributed by atoms with Crippen LogP contribution in [0.2, 0.25) is 0 Å². The topological polar surface area (TPSA) is 140 Å². The van der Waals surface area contributed by atoms with E-state index in [0.29, 0.717) is 21.3 Å². The highest BCUT2D eigenvalue weighted by Gasteiger charge is 2.33. The first-order valence-electron chi connectivity index (χ1n) is 8.15. The third kappa shape index (κ3) is 5.36. The number of rotatable bonds is 8. The molecule has 1 aromatic heterocycles. The molecule has 0 spiro atoms. The largest absolute Gasteiger partial charge is 0.365 e. The van der Waals surface area contributed by atoms with Crippen molar-refractivity contribution in [1.82, 2.24) is 10.0 Å². The van der Waals surface area contributed by atoms with Crippen molar-refractivity contribution in [2.24, 2.45) is 5.10 Å². The second-order valence-corrected chi connectivity index (χ2v) is 6.27. The molecule has 1 aliphatic rings. The number of nitrogens with one attached hydrogen (secondary N) is 1. The average Bonchev–Trinajstić information content (AvgIpc) is 3.05. The van der Waals surface area contributed by atoms with Crippen LogP contribution < -0.4 is 5.43 Å². The van der Waals surface area contributed by atoms with Crippen LogP contribution in [0.4, 0.5) is 5.82 Å². The van der Waals surface area contributed by atoms with Crippen LogP contribution in [-0.2, 0) is 23.8 Å². The van der Waals surface area contributed by atoms with Crippen LogP contribution in [0, 0.1) is 0 Å². The number of hydrogen-bond acceptors (Lipinski definition) is 11. The van der Waals surface area contributed by atoms with Gasteiger partial charge in [0.25, 0.3) is 11.8 Å². The lowest BCUT2D eigenvalue weighted by Crippen LogP contribution is -2.32. The summed E-state index contributed by atoms with van der Waals surface area (Å²) in [6, 6.07) is 9.96. The Morgan fingerprint density at radius 3 is 2.66 bits per heavy atom. The third-order valence-electron chi connectivity index (χ3n) is 3.64. The predicted octanol–water partition coefficient (Wildman–Crippen LogP) is 2.18. The van der Waals surface area contributed by atoms with Crippen LogP contribution in [0.3, 0.4) is 0 Å². The van der Waals surface area contributed by atoms with Gasteiger partial charge >= 0.3 is 5.97 Å². The number of hydrogen-bond donors (Lipinski definition) is 2. The van der Waals surface area contributed by atoms with Gasteiger partial charge in [-0.2, -0.15) is 5.10 Å². The number of carbonyl (C=O) groups is 3. The molecule has 0 saturated carbocycles. The van der Waals surface area contributed by atoms with Gasteiger partial charge in [0.1, 0.15) is 5.82 Å². The summed E-state index contributed by atoms with van der Waals surface area (Å²) < 4.78 is 4.41. The predicted molar refractivity (Wildman–Crippen MR) is 99.1 cm³/mol. The van der Waals surface area contributed by atoms with Gasteiger partial charge in [0, 0.05) is 29.5 Å². The molecule has 29 heavy (non-hydrogen) atoms. The van der Waals surface area contributed by atoms with Gasteiger partial charge in [-0.05, 0) is 18.2 Å². The van der Waals surface area contributed by atoms with E-state index < -0.39 is 17.8 Å². The zero-order valence-corrected chi connectivity index (χ0v) is 15.5. The van der Waals surface area contributed by atoms with Crippen LogP contribution in [0.25, 0.3) is 0 Å². The van der Waals surface area contributed by atoms with E-state index in [9.17, 15) is 14.4 Å². The van der Waals surface area contributed by atoms with Crippen molar-refractivity contribution in [1.29, 1.82) is 0 Å². The standard InChI is InChI=1S/C17H14N4O7S/c22-15-7-8-16(23)21(15)26-17(24)12-5-6-14(18-9-12)20-19-10-11-3-1-2-4-13(11)29-28-27-25/h1-6,9-10,25H,7-8H2,(H,18,20)/b19-10+. The van der Waals surface area contributed by atoms with E-state index in [2.05, 4.69) is 24.9 Å². The average molecular weight is 418 g/mol. The monoisotopic (exact) mass is 418 g/mol. The molecule has 0 radical (unpaired) electrons. The molecule has 150 valence electrons. The van der Waals surface area contributed by atoms with Gasteiger partial charge in [-0.25, -0.2) is 15.0 Å². The van der Waals surface area contributed by atoms with Gasteiger partial charge in [-0.3, -0.25) is 15.0 Å². The number of pyridine rings is 1. The van der Waals surface area contributed by atoms with Gasteiger partial charge in [0.2, 0.25) is 0 Å². The Morgan fingerprint density at radius 1 is 1.21 bits per heavy atom. The normalized spacial score (nSPS) is 13.9. The van der Waals surface area contributed by atoms with Gasteiger partial charge in [-0.1, -0.05) is 23.2 Å². The van der Waals surface area contributed by atoms with Crippen LogP contribution >= 0.6 is 12.0 Å². The van der Waals surface area contributed by atoms with Crippen LogP contribution in [0.5, 0.6) is 0 Å². The first-order valence-corrected chi connectivity index (χ1v) is 8.89. The summed E-state index contributed by atoms with van der Waals surface area (Å²) in [7, 11) is 0. The van der Waals surface area contributed by atoms with Crippen LogP contribution in [0.1, 0.15) is 28.8 Å². The van der Waals surface area contributed by atoms with E-state index in [1.807, 2.05) is 0 Å². The summed E-state index contributed by atoms with van der Waals surface area (Å²) in [6.07, 6.45) is 2.76. The highest BCUT2D eigenvalue weighted by molar-refractivity contribution is 7.94. The Labute approximate surface area is 168 Å². The molecule has 0 bridgehead atoms. The van der Waals surface area contributed by atoms with Crippen molar-refractivity contribution in [2.45, 2.75) is 17.7 Å². The fourth-order valence-corrected chi connectivity index (χ4v) is 2.71. The minimum atomic E-state index is -0.867. The van der Waals surface area contributed by atoms with Crippen molar-refractivity contribution in [3.8, 4) is 0 Å². The van der Waals surface area contributed by atoms with Crippen molar-refractivity contribution >= 4 is 41.9 Å². The molecule has 3 rings (SSSR count). The number of hydrazone groups is 1. The SMILES string of the molecule is O=C(ON1C(=O)CCC1=O)c1ccc(N/N=C/c2ccccc2SOOO)nc1. The number of anilines is 1. The maximum absolute atomic E-state index is 12.0. The summed E-state index contributed by atoms with van der Waals surface area (Å²) in [5.74, 6) is -1.64. The van der Waals surface area contributed by atoms with E-state index in [4.69, 9.17) is 10.1 Å². The first kappa shape index (κ1) is 20.4. The quantitative estimate of drug-likeness (QED) is 0.215. The molecule has 1 saturated heterocycles. The molecule has 2 amide bonds. The maximum atomic E-state index is 12.0. The second-order valence-electron chi connectivity index (χ2n) is 5.53. The molecule has 12 heteroatoms.